The minimum atomic E-state index is -0.835. The minimum absolute atomic E-state index is 0.137. The Bertz CT molecular complexity index is 1310. The first kappa shape index (κ1) is 23.9. The standard InChI is InChI=1S/C28H26ClN3O4/c1-17-8-10-18(11-9-17)16-32-24(27(34)30-22-12-13-22)25(36-28(32)35)19-4-3-7-23(15-19)31-26(33)20-5-2-6-21(29)14-20/h2-11,14-15,22,24-25H,12-13,16H2,1H3,(H,30,34)(H,31,33)/t24-,25+/m0/s1. The maximum absolute atomic E-state index is 13.3. The normalized spacial score (nSPS) is 19.1. The number of anilines is 1. The van der Waals surface area contributed by atoms with Crippen molar-refractivity contribution in [3.05, 3.63) is 100 Å². The van der Waals surface area contributed by atoms with E-state index in [0.717, 1.165) is 24.0 Å². The number of carbonyl (C=O) groups is 3. The molecule has 2 atom stereocenters. The van der Waals surface area contributed by atoms with Gasteiger partial charge in [-0.1, -0.05) is 59.6 Å². The first-order chi connectivity index (χ1) is 17.4. The second kappa shape index (κ2) is 10.0. The minimum Gasteiger partial charge on any atom is -0.438 e. The van der Waals surface area contributed by atoms with E-state index in [-0.39, 0.29) is 24.4 Å². The molecule has 0 bridgehead atoms. The average Bonchev–Trinajstić information content (AvgIpc) is 3.62. The van der Waals surface area contributed by atoms with Gasteiger partial charge in [0, 0.05) is 22.3 Å². The van der Waals surface area contributed by atoms with Crippen LogP contribution in [0.3, 0.4) is 0 Å². The summed E-state index contributed by atoms with van der Waals surface area (Å²) >= 11 is 6.01. The maximum Gasteiger partial charge on any atom is 0.411 e. The molecule has 3 amide bonds. The zero-order chi connectivity index (χ0) is 25.2. The molecule has 2 aliphatic rings. The van der Waals surface area contributed by atoms with E-state index >= 15 is 0 Å². The zero-order valence-corrected chi connectivity index (χ0v) is 20.5. The molecule has 1 saturated heterocycles. The molecule has 184 valence electrons. The molecule has 2 fully saturated rings. The molecule has 36 heavy (non-hydrogen) atoms. The number of carbonyl (C=O) groups excluding carboxylic acids is 3. The van der Waals surface area contributed by atoms with Crippen molar-refractivity contribution in [2.45, 2.75) is 44.5 Å². The van der Waals surface area contributed by atoms with E-state index in [1.54, 1.807) is 48.5 Å². The average molecular weight is 504 g/mol. The van der Waals surface area contributed by atoms with Gasteiger partial charge in [-0.3, -0.25) is 14.5 Å². The Morgan fingerprint density at radius 2 is 1.78 bits per heavy atom. The second-order valence-electron chi connectivity index (χ2n) is 9.24. The lowest BCUT2D eigenvalue weighted by molar-refractivity contribution is -0.126. The Morgan fingerprint density at radius 1 is 1.03 bits per heavy atom. The van der Waals surface area contributed by atoms with Crippen LogP contribution in [-0.4, -0.2) is 34.9 Å². The van der Waals surface area contributed by atoms with Gasteiger partial charge < -0.3 is 15.4 Å². The fraction of sp³-hybridized carbons (Fsp3) is 0.250. The summed E-state index contributed by atoms with van der Waals surface area (Å²) in [5.74, 6) is -0.559. The predicted octanol–water partition coefficient (Wildman–Crippen LogP) is 5.24. The summed E-state index contributed by atoms with van der Waals surface area (Å²) in [5.41, 5.74) is 3.58. The predicted molar refractivity (Wildman–Crippen MR) is 137 cm³/mol. The monoisotopic (exact) mass is 503 g/mol. The van der Waals surface area contributed by atoms with Crippen LogP contribution in [0.15, 0.2) is 72.8 Å². The van der Waals surface area contributed by atoms with Crippen LogP contribution >= 0.6 is 11.6 Å². The van der Waals surface area contributed by atoms with Crippen molar-refractivity contribution in [2.75, 3.05) is 5.32 Å². The lowest BCUT2D eigenvalue weighted by Gasteiger charge is -2.24. The van der Waals surface area contributed by atoms with Crippen molar-refractivity contribution < 1.29 is 19.1 Å². The number of ether oxygens (including phenoxy) is 1. The van der Waals surface area contributed by atoms with Gasteiger partial charge in [-0.25, -0.2) is 4.79 Å². The molecule has 1 saturated carbocycles. The molecule has 3 aromatic rings. The second-order valence-corrected chi connectivity index (χ2v) is 9.67. The van der Waals surface area contributed by atoms with Crippen molar-refractivity contribution >= 4 is 35.2 Å². The van der Waals surface area contributed by atoms with Crippen molar-refractivity contribution in [1.29, 1.82) is 0 Å². The summed E-state index contributed by atoms with van der Waals surface area (Å²) < 4.78 is 5.75. The first-order valence-electron chi connectivity index (χ1n) is 11.9. The highest BCUT2D eigenvalue weighted by Crippen LogP contribution is 2.36. The van der Waals surface area contributed by atoms with E-state index in [1.165, 1.54) is 4.90 Å². The largest absolute Gasteiger partial charge is 0.438 e. The molecule has 8 heteroatoms. The number of aryl methyl sites for hydroxylation is 1. The molecule has 3 aromatic carbocycles. The van der Waals surface area contributed by atoms with Gasteiger partial charge in [0.25, 0.3) is 5.91 Å². The number of rotatable bonds is 7. The topological polar surface area (TPSA) is 87.7 Å². The van der Waals surface area contributed by atoms with Crippen LogP contribution in [0.1, 0.15) is 46.0 Å². The van der Waals surface area contributed by atoms with Gasteiger partial charge in [-0.15, -0.1) is 0 Å². The number of amides is 3. The lowest BCUT2D eigenvalue weighted by atomic mass is 10.00. The molecule has 5 rings (SSSR count). The summed E-state index contributed by atoms with van der Waals surface area (Å²) in [5, 5.41) is 6.34. The van der Waals surface area contributed by atoms with E-state index < -0.39 is 18.2 Å². The maximum atomic E-state index is 13.3. The summed E-state index contributed by atoms with van der Waals surface area (Å²) in [7, 11) is 0. The van der Waals surface area contributed by atoms with E-state index in [9.17, 15) is 14.4 Å². The summed E-state index contributed by atoms with van der Waals surface area (Å²) in [6, 6.07) is 20.8. The van der Waals surface area contributed by atoms with Crippen LogP contribution in [0.5, 0.6) is 0 Å². The number of nitrogens with one attached hydrogen (secondary N) is 2. The number of hydrogen-bond donors (Lipinski definition) is 2. The molecule has 1 heterocycles. The molecule has 1 aliphatic carbocycles. The van der Waals surface area contributed by atoms with Crippen LogP contribution < -0.4 is 10.6 Å². The quantitative estimate of drug-likeness (QED) is 0.461. The Hall–Kier alpha value is -3.84. The number of benzene rings is 3. The van der Waals surface area contributed by atoms with Gasteiger partial charge in [0.1, 0.15) is 0 Å². The van der Waals surface area contributed by atoms with Crippen molar-refractivity contribution in [3.8, 4) is 0 Å². The van der Waals surface area contributed by atoms with E-state index in [0.29, 0.717) is 21.8 Å². The fourth-order valence-corrected chi connectivity index (χ4v) is 4.43. The molecule has 0 aromatic heterocycles. The smallest absolute Gasteiger partial charge is 0.411 e. The fourth-order valence-electron chi connectivity index (χ4n) is 4.24. The third-order valence-corrected chi connectivity index (χ3v) is 6.55. The Balaban J connectivity index is 1.40. The molecule has 0 unspecified atom stereocenters. The highest BCUT2D eigenvalue weighted by molar-refractivity contribution is 6.31. The van der Waals surface area contributed by atoms with Crippen LogP contribution in [0.25, 0.3) is 0 Å². The van der Waals surface area contributed by atoms with Crippen LogP contribution in [-0.2, 0) is 16.1 Å². The van der Waals surface area contributed by atoms with Gasteiger partial charge in [-0.05, 0) is 61.2 Å². The van der Waals surface area contributed by atoms with Crippen molar-refractivity contribution in [2.24, 2.45) is 0 Å². The Morgan fingerprint density at radius 3 is 2.50 bits per heavy atom. The third-order valence-electron chi connectivity index (χ3n) is 6.31. The molecule has 2 N–H and O–H groups in total. The van der Waals surface area contributed by atoms with Gasteiger partial charge in [-0.2, -0.15) is 0 Å². The Labute approximate surface area is 214 Å². The molecule has 1 aliphatic heterocycles. The summed E-state index contributed by atoms with van der Waals surface area (Å²) in [6.07, 6.45) is 0.497. The van der Waals surface area contributed by atoms with Gasteiger partial charge in [0.15, 0.2) is 12.1 Å². The van der Waals surface area contributed by atoms with Crippen LogP contribution in [0.4, 0.5) is 10.5 Å². The SMILES string of the molecule is Cc1ccc(CN2C(=O)O[C@H](c3cccc(NC(=O)c4cccc(Cl)c4)c3)[C@H]2C(=O)NC2CC2)cc1. The van der Waals surface area contributed by atoms with Crippen LogP contribution in [0.2, 0.25) is 5.02 Å². The van der Waals surface area contributed by atoms with Gasteiger partial charge >= 0.3 is 6.09 Å². The molecular weight excluding hydrogens is 478 g/mol. The van der Waals surface area contributed by atoms with Crippen molar-refractivity contribution in [3.63, 3.8) is 0 Å². The lowest BCUT2D eigenvalue weighted by Crippen LogP contribution is -2.46. The van der Waals surface area contributed by atoms with Crippen molar-refractivity contribution in [1.82, 2.24) is 10.2 Å². The third kappa shape index (κ3) is 5.36. The Kier molecular flexibility index (Phi) is 6.65. The number of cyclic esters (lactones) is 1. The van der Waals surface area contributed by atoms with E-state index in [4.69, 9.17) is 16.3 Å². The number of nitrogens with zero attached hydrogens (tertiary/aromatic N) is 1. The molecule has 7 nitrogen and oxygen atoms in total. The number of hydrogen-bond acceptors (Lipinski definition) is 4. The summed E-state index contributed by atoms with van der Waals surface area (Å²) in [4.78, 5) is 40.4. The number of halogens is 1. The van der Waals surface area contributed by atoms with Crippen LogP contribution in [0, 0.1) is 6.92 Å². The molecule has 0 spiro atoms. The van der Waals surface area contributed by atoms with E-state index in [2.05, 4.69) is 10.6 Å². The molecule has 0 radical (unpaired) electrons. The molecular formula is C28H26ClN3O4. The van der Waals surface area contributed by atoms with Gasteiger partial charge in [0.2, 0.25) is 5.91 Å². The first-order valence-corrected chi connectivity index (χ1v) is 12.3. The summed E-state index contributed by atoms with van der Waals surface area (Å²) in [6.45, 7) is 2.25. The zero-order valence-electron chi connectivity index (χ0n) is 19.7. The highest BCUT2D eigenvalue weighted by atomic mass is 35.5. The van der Waals surface area contributed by atoms with E-state index in [1.807, 2.05) is 31.2 Å². The van der Waals surface area contributed by atoms with Gasteiger partial charge in [0.05, 0.1) is 6.54 Å². The highest BCUT2D eigenvalue weighted by Gasteiger charge is 2.48.